The Kier molecular flexibility index (Phi) is 4.87. The van der Waals surface area contributed by atoms with Crippen molar-refractivity contribution in [2.45, 2.75) is 17.2 Å². The average Bonchev–Trinajstić information content (AvgIpc) is 2.47. The predicted octanol–water partition coefficient (Wildman–Crippen LogP) is 2.60. The monoisotopic (exact) mass is 293 g/mol. The van der Waals surface area contributed by atoms with Gasteiger partial charge >= 0.3 is 0 Å². The third kappa shape index (κ3) is 3.23. The lowest BCUT2D eigenvalue weighted by molar-refractivity contribution is 0.411. The van der Waals surface area contributed by atoms with Crippen LogP contribution in [0, 0.1) is 5.82 Å². The highest BCUT2D eigenvalue weighted by Gasteiger charge is 2.13. The number of rotatable bonds is 5. The Morgan fingerprint density at radius 1 is 1.25 bits per heavy atom. The van der Waals surface area contributed by atoms with Gasteiger partial charge < -0.3 is 10.5 Å². The number of hydrogen-bond acceptors (Lipinski definition) is 3. The third-order valence-corrected chi connectivity index (χ3v) is 4.34. The van der Waals surface area contributed by atoms with E-state index in [0.717, 1.165) is 11.1 Å². The quantitative estimate of drug-likeness (QED) is 0.922. The van der Waals surface area contributed by atoms with Crippen LogP contribution in [-0.4, -0.2) is 11.3 Å². The second-order valence-corrected chi connectivity index (χ2v) is 5.69. The van der Waals surface area contributed by atoms with Crippen LogP contribution in [0.4, 0.5) is 4.39 Å². The van der Waals surface area contributed by atoms with Crippen LogP contribution in [0.25, 0.3) is 0 Å². The molecule has 0 saturated heterocycles. The number of halogens is 1. The van der Waals surface area contributed by atoms with Gasteiger partial charge in [-0.15, -0.1) is 0 Å². The van der Waals surface area contributed by atoms with Crippen LogP contribution in [0.1, 0.15) is 11.1 Å². The molecule has 0 heterocycles. The van der Waals surface area contributed by atoms with Crippen molar-refractivity contribution in [1.82, 2.24) is 0 Å². The molecule has 0 radical (unpaired) electrons. The normalized spacial score (nSPS) is 12.2. The minimum absolute atomic E-state index is 0.192. The fourth-order valence-corrected chi connectivity index (χ4v) is 3.10. The van der Waals surface area contributed by atoms with Crippen LogP contribution < -0.4 is 10.5 Å². The summed E-state index contributed by atoms with van der Waals surface area (Å²) < 4.78 is 31.2. The van der Waals surface area contributed by atoms with Crippen LogP contribution in [0.2, 0.25) is 0 Å². The molecule has 0 bridgehead atoms. The van der Waals surface area contributed by atoms with Crippen LogP contribution in [0.5, 0.6) is 5.75 Å². The lowest BCUT2D eigenvalue weighted by atomic mass is 10.1. The summed E-state index contributed by atoms with van der Waals surface area (Å²) >= 11 is 0. The molecule has 2 rings (SSSR count). The Labute approximate surface area is 120 Å². The standard InChI is InChI=1S/C15H16FNO2S/c1-19-14-7-6-11(9-17)8-12(14)10-20(18)15-5-3-2-4-13(15)16/h2-8H,9-10,17H2,1H3. The van der Waals surface area contributed by atoms with Crippen LogP contribution in [0.15, 0.2) is 47.4 Å². The largest absolute Gasteiger partial charge is 0.496 e. The van der Waals surface area contributed by atoms with Gasteiger partial charge in [-0.25, -0.2) is 4.39 Å². The Morgan fingerprint density at radius 2 is 2.00 bits per heavy atom. The van der Waals surface area contributed by atoms with E-state index in [9.17, 15) is 8.60 Å². The molecular formula is C15H16FNO2S. The molecule has 0 saturated carbocycles. The van der Waals surface area contributed by atoms with Gasteiger partial charge in [0.2, 0.25) is 0 Å². The molecule has 0 aromatic heterocycles. The van der Waals surface area contributed by atoms with E-state index in [1.165, 1.54) is 12.1 Å². The number of hydrogen-bond donors (Lipinski definition) is 1. The van der Waals surface area contributed by atoms with Crippen LogP contribution in [-0.2, 0) is 23.1 Å². The fourth-order valence-electron chi connectivity index (χ4n) is 1.92. The number of nitrogens with two attached hydrogens (primary N) is 1. The van der Waals surface area contributed by atoms with Gasteiger partial charge in [0, 0.05) is 12.1 Å². The van der Waals surface area contributed by atoms with Gasteiger partial charge in [0.1, 0.15) is 11.6 Å². The van der Waals surface area contributed by atoms with E-state index in [1.54, 1.807) is 25.3 Å². The number of methoxy groups -OCH3 is 1. The summed E-state index contributed by atoms with van der Waals surface area (Å²) in [6.45, 7) is 0.392. The van der Waals surface area contributed by atoms with Crippen molar-refractivity contribution < 1.29 is 13.3 Å². The van der Waals surface area contributed by atoms with Crippen molar-refractivity contribution in [3.05, 3.63) is 59.4 Å². The molecule has 0 aliphatic carbocycles. The summed E-state index contributed by atoms with van der Waals surface area (Å²) in [4.78, 5) is 0.202. The molecule has 2 N–H and O–H groups in total. The molecular weight excluding hydrogens is 277 g/mol. The molecule has 20 heavy (non-hydrogen) atoms. The maximum Gasteiger partial charge on any atom is 0.139 e. The lowest BCUT2D eigenvalue weighted by Crippen LogP contribution is -2.03. The van der Waals surface area contributed by atoms with Crippen LogP contribution >= 0.6 is 0 Å². The summed E-state index contributed by atoms with van der Waals surface area (Å²) in [5.41, 5.74) is 7.28. The smallest absolute Gasteiger partial charge is 0.139 e. The van der Waals surface area contributed by atoms with E-state index in [2.05, 4.69) is 0 Å². The molecule has 2 aromatic carbocycles. The number of benzene rings is 2. The Morgan fingerprint density at radius 3 is 2.65 bits per heavy atom. The molecule has 106 valence electrons. The summed E-state index contributed by atoms with van der Waals surface area (Å²) in [7, 11) is 0.0847. The van der Waals surface area contributed by atoms with E-state index in [-0.39, 0.29) is 10.6 Å². The van der Waals surface area contributed by atoms with Crippen molar-refractivity contribution in [3.63, 3.8) is 0 Å². The Bertz CT molecular complexity index is 631. The zero-order valence-electron chi connectivity index (χ0n) is 11.1. The first-order valence-corrected chi connectivity index (χ1v) is 7.46. The summed E-state index contributed by atoms with van der Waals surface area (Å²) in [5.74, 6) is 0.365. The van der Waals surface area contributed by atoms with Crippen LogP contribution in [0.3, 0.4) is 0 Å². The highest BCUT2D eigenvalue weighted by Crippen LogP contribution is 2.24. The molecule has 1 atom stereocenters. The first kappa shape index (κ1) is 14.7. The summed E-state index contributed by atoms with van der Waals surface area (Å²) in [6.07, 6.45) is 0. The van der Waals surface area contributed by atoms with Crippen molar-refractivity contribution in [2.24, 2.45) is 5.73 Å². The first-order valence-electron chi connectivity index (χ1n) is 6.14. The van der Waals surface area contributed by atoms with Gasteiger partial charge in [0.25, 0.3) is 0 Å². The van der Waals surface area contributed by atoms with Crippen molar-refractivity contribution in [2.75, 3.05) is 7.11 Å². The number of ether oxygens (including phenoxy) is 1. The lowest BCUT2D eigenvalue weighted by Gasteiger charge is -2.10. The highest BCUT2D eigenvalue weighted by molar-refractivity contribution is 7.84. The molecule has 0 spiro atoms. The Hall–Kier alpha value is -1.72. The Balaban J connectivity index is 2.29. The van der Waals surface area contributed by atoms with Gasteiger partial charge in [0.15, 0.2) is 0 Å². The molecule has 5 heteroatoms. The molecule has 0 aliphatic heterocycles. The van der Waals surface area contributed by atoms with Crippen molar-refractivity contribution in [3.8, 4) is 5.75 Å². The highest BCUT2D eigenvalue weighted by atomic mass is 32.2. The minimum Gasteiger partial charge on any atom is -0.496 e. The van der Waals surface area contributed by atoms with Crippen molar-refractivity contribution in [1.29, 1.82) is 0 Å². The van der Waals surface area contributed by atoms with E-state index in [0.29, 0.717) is 12.3 Å². The fraction of sp³-hybridized carbons (Fsp3) is 0.200. The zero-order chi connectivity index (χ0) is 14.5. The average molecular weight is 293 g/mol. The first-order chi connectivity index (χ1) is 9.65. The molecule has 1 unspecified atom stereocenters. The van der Waals surface area contributed by atoms with Gasteiger partial charge in [-0.05, 0) is 29.8 Å². The second kappa shape index (κ2) is 6.63. The maximum atomic E-state index is 13.6. The van der Waals surface area contributed by atoms with E-state index in [4.69, 9.17) is 10.5 Å². The van der Waals surface area contributed by atoms with Gasteiger partial charge in [-0.1, -0.05) is 18.2 Å². The van der Waals surface area contributed by atoms with E-state index < -0.39 is 16.6 Å². The molecule has 0 amide bonds. The maximum absolute atomic E-state index is 13.6. The summed E-state index contributed by atoms with van der Waals surface area (Å²) in [6, 6.07) is 11.6. The van der Waals surface area contributed by atoms with Gasteiger partial charge in [-0.3, -0.25) is 4.21 Å². The van der Waals surface area contributed by atoms with E-state index in [1.807, 2.05) is 12.1 Å². The van der Waals surface area contributed by atoms with E-state index >= 15 is 0 Å². The SMILES string of the molecule is COc1ccc(CN)cc1CS(=O)c1ccccc1F. The van der Waals surface area contributed by atoms with Crippen molar-refractivity contribution >= 4 is 10.8 Å². The predicted molar refractivity (Wildman–Crippen MR) is 77.4 cm³/mol. The summed E-state index contributed by atoms with van der Waals surface area (Å²) in [5, 5.41) is 0. The second-order valence-electron chi connectivity index (χ2n) is 4.27. The topological polar surface area (TPSA) is 52.3 Å². The zero-order valence-corrected chi connectivity index (χ0v) is 12.0. The third-order valence-electron chi connectivity index (χ3n) is 2.95. The molecule has 0 fully saturated rings. The van der Waals surface area contributed by atoms with Gasteiger partial charge in [0.05, 0.1) is 28.6 Å². The van der Waals surface area contributed by atoms with Gasteiger partial charge in [-0.2, -0.15) is 0 Å². The minimum atomic E-state index is -1.46. The molecule has 0 aliphatic rings. The molecule has 2 aromatic rings. The molecule has 3 nitrogen and oxygen atoms in total.